The first-order valence-corrected chi connectivity index (χ1v) is 7.38. The molecule has 2 aliphatic rings. The summed E-state index contributed by atoms with van der Waals surface area (Å²) in [5, 5.41) is 21.2. The highest BCUT2D eigenvalue weighted by Gasteiger charge is 2.50. The van der Waals surface area contributed by atoms with Gasteiger partial charge in [0.2, 0.25) is 0 Å². The topological polar surface area (TPSA) is 74.5 Å². The van der Waals surface area contributed by atoms with Gasteiger partial charge in [-0.1, -0.05) is 11.8 Å². The predicted octanol–water partition coefficient (Wildman–Crippen LogP) is -0.109. The Morgan fingerprint density at radius 3 is 2.68 bits per heavy atom. The van der Waals surface area contributed by atoms with E-state index >= 15 is 0 Å². The van der Waals surface area contributed by atoms with Crippen molar-refractivity contribution in [2.45, 2.75) is 49.7 Å². The number of amidine groups is 1. The number of thioether (sulfide) groups is 1. The van der Waals surface area contributed by atoms with Crippen LogP contribution in [0.1, 0.15) is 13.8 Å². The maximum absolute atomic E-state index is 10.2. The molecule has 0 radical (unpaired) electrons. The standard InChI is InChI=1S/C12H22N2O4S/c1-5-17-6(2)10-9(16)8(15)7-11(18-10)19-12(13-7)14(3)4/h6-11,15-16H,5H2,1-4H3/t6-,7-,8-,9+,10-,11-/m1/s1. The van der Waals surface area contributed by atoms with Crippen LogP contribution in [0.4, 0.5) is 0 Å². The van der Waals surface area contributed by atoms with Crippen molar-refractivity contribution in [1.82, 2.24) is 4.90 Å². The lowest BCUT2D eigenvalue weighted by molar-refractivity contribution is -0.190. The molecule has 0 aliphatic carbocycles. The van der Waals surface area contributed by atoms with Crippen molar-refractivity contribution in [3.63, 3.8) is 0 Å². The van der Waals surface area contributed by atoms with Gasteiger partial charge in [-0.3, -0.25) is 4.99 Å². The zero-order valence-electron chi connectivity index (χ0n) is 11.7. The van der Waals surface area contributed by atoms with Crippen LogP contribution in [0, 0.1) is 0 Å². The number of aliphatic imine (C=N–C) groups is 1. The molecule has 2 rings (SSSR count). The predicted molar refractivity (Wildman–Crippen MR) is 74.3 cm³/mol. The molecule has 6 atom stereocenters. The highest BCUT2D eigenvalue weighted by Crippen LogP contribution is 2.37. The smallest absolute Gasteiger partial charge is 0.161 e. The van der Waals surface area contributed by atoms with Gasteiger partial charge in [0, 0.05) is 20.7 Å². The largest absolute Gasteiger partial charge is 0.388 e. The third-order valence-corrected chi connectivity index (χ3v) is 4.67. The van der Waals surface area contributed by atoms with Crippen LogP contribution in [-0.2, 0) is 9.47 Å². The van der Waals surface area contributed by atoms with Gasteiger partial charge in [-0.05, 0) is 13.8 Å². The fourth-order valence-corrected chi connectivity index (χ4v) is 3.48. The van der Waals surface area contributed by atoms with E-state index in [2.05, 4.69) is 4.99 Å². The molecular weight excluding hydrogens is 268 g/mol. The highest BCUT2D eigenvalue weighted by atomic mass is 32.2. The molecule has 110 valence electrons. The molecule has 2 aliphatic heterocycles. The van der Waals surface area contributed by atoms with Gasteiger partial charge in [0.15, 0.2) is 5.17 Å². The Balaban J connectivity index is 2.10. The fraction of sp³-hybridized carbons (Fsp3) is 0.917. The lowest BCUT2D eigenvalue weighted by Gasteiger charge is -2.40. The molecule has 7 heteroatoms. The van der Waals surface area contributed by atoms with Crippen LogP contribution in [-0.4, -0.2) is 76.9 Å². The quantitative estimate of drug-likeness (QED) is 0.755. The molecule has 2 heterocycles. The zero-order chi connectivity index (χ0) is 14.2. The molecule has 0 saturated carbocycles. The monoisotopic (exact) mass is 290 g/mol. The molecule has 0 bridgehead atoms. The SMILES string of the molecule is CCO[C@H](C)[C@H]1O[C@@H]2SC(N(C)C)=N[C@@H]2[C@@H](O)[C@@H]1O. The highest BCUT2D eigenvalue weighted by molar-refractivity contribution is 8.14. The van der Waals surface area contributed by atoms with E-state index in [9.17, 15) is 10.2 Å². The molecule has 0 aromatic rings. The Morgan fingerprint density at radius 2 is 2.11 bits per heavy atom. The number of aliphatic hydroxyl groups excluding tert-OH is 2. The van der Waals surface area contributed by atoms with Gasteiger partial charge in [0.1, 0.15) is 29.8 Å². The molecule has 0 aromatic heterocycles. The molecular formula is C12H22N2O4S. The Hall–Kier alpha value is -0.340. The Labute approximate surface area is 117 Å². The molecule has 6 nitrogen and oxygen atoms in total. The minimum absolute atomic E-state index is 0.260. The number of nitrogens with zero attached hydrogens (tertiary/aromatic N) is 2. The van der Waals surface area contributed by atoms with Crippen LogP contribution in [0.2, 0.25) is 0 Å². The molecule has 0 amide bonds. The van der Waals surface area contributed by atoms with Crippen LogP contribution in [0.3, 0.4) is 0 Å². The van der Waals surface area contributed by atoms with Gasteiger partial charge < -0.3 is 24.6 Å². The van der Waals surface area contributed by atoms with Gasteiger partial charge in [-0.25, -0.2) is 0 Å². The van der Waals surface area contributed by atoms with Crippen molar-refractivity contribution in [2.75, 3.05) is 20.7 Å². The Morgan fingerprint density at radius 1 is 1.42 bits per heavy atom. The molecule has 0 spiro atoms. The van der Waals surface area contributed by atoms with Crippen molar-refractivity contribution in [3.05, 3.63) is 0 Å². The van der Waals surface area contributed by atoms with Gasteiger partial charge in [-0.2, -0.15) is 0 Å². The Kier molecular flexibility index (Phi) is 4.73. The van der Waals surface area contributed by atoms with Gasteiger partial charge in [0.25, 0.3) is 0 Å². The normalized spacial score (nSPS) is 39.7. The molecule has 0 unspecified atom stereocenters. The maximum atomic E-state index is 10.2. The van der Waals surface area contributed by atoms with Gasteiger partial charge in [-0.15, -0.1) is 0 Å². The molecule has 19 heavy (non-hydrogen) atoms. The number of hydrogen-bond acceptors (Lipinski definition) is 7. The van der Waals surface area contributed by atoms with E-state index in [1.165, 1.54) is 11.8 Å². The summed E-state index contributed by atoms with van der Waals surface area (Å²) in [5.41, 5.74) is -0.260. The first-order chi connectivity index (χ1) is 8.95. The van der Waals surface area contributed by atoms with Crippen LogP contribution in [0.25, 0.3) is 0 Å². The summed E-state index contributed by atoms with van der Waals surface area (Å²) >= 11 is 1.47. The molecule has 1 saturated heterocycles. The van der Waals surface area contributed by atoms with Crippen molar-refractivity contribution in [2.24, 2.45) is 4.99 Å². The minimum atomic E-state index is -0.978. The number of rotatable bonds is 3. The minimum Gasteiger partial charge on any atom is -0.388 e. The van der Waals surface area contributed by atoms with Crippen molar-refractivity contribution in [3.8, 4) is 0 Å². The van der Waals surface area contributed by atoms with E-state index in [0.717, 1.165) is 5.17 Å². The van der Waals surface area contributed by atoms with E-state index in [-0.39, 0.29) is 11.5 Å². The fourth-order valence-electron chi connectivity index (χ4n) is 2.34. The van der Waals surface area contributed by atoms with E-state index in [0.29, 0.717) is 6.61 Å². The van der Waals surface area contributed by atoms with Gasteiger partial charge >= 0.3 is 0 Å². The summed E-state index contributed by atoms with van der Waals surface area (Å²) < 4.78 is 11.3. The van der Waals surface area contributed by atoms with E-state index in [4.69, 9.17) is 9.47 Å². The second-order valence-corrected chi connectivity index (χ2v) is 6.09. The Bertz CT molecular complexity index is 353. The summed E-state index contributed by atoms with van der Waals surface area (Å²) in [6, 6.07) is -0.414. The van der Waals surface area contributed by atoms with Gasteiger partial charge in [0.05, 0.1) is 6.10 Å². The number of ether oxygens (including phenoxy) is 2. The lowest BCUT2D eigenvalue weighted by atomic mass is 9.95. The first kappa shape index (κ1) is 15.1. The van der Waals surface area contributed by atoms with Crippen LogP contribution >= 0.6 is 11.8 Å². The van der Waals surface area contributed by atoms with E-state index in [1.54, 1.807) is 0 Å². The summed E-state index contributed by atoms with van der Waals surface area (Å²) in [5.74, 6) is 0. The number of aliphatic hydroxyl groups is 2. The van der Waals surface area contributed by atoms with E-state index < -0.39 is 24.4 Å². The zero-order valence-corrected chi connectivity index (χ0v) is 12.5. The summed E-state index contributed by atoms with van der Waals surface area (Å²) in [6.07, 6.45) is -2.69. The molecule has 0 aromatic carbocycles. The number of hydrogen-bond donors (Lipinski definition) is 2. The number of fused-ring (bicyclic) bond motifs is 1. The van der Waals surface area contributed by atoms with Crippen LogP contribution in [0.15, 0.2) is 4.99 Å². The van der Waals surface area contributed by atoms with Crippen molar-refractivity contribution < 1.29 is 19.7 Å². The summed E-state index contributed by atoms with van der Waals surface area (Å²) in [7, 11) is 3.79. The van der Waals surface area contributed by atoms with E-state index in [1.807, 2.05) is 32.8 Å². The first-order valence-electron chi connectivity index (χ1n) is 6.50. The lowest BCUT2D eigenvalue weighted by Crippen LogP contribution is -2.58. The van der Waals surface area contributed by atoms with Crippen LogP contribution < -0.4 is 0 Å². The molecule has 1 fully saturated rings. The second kappa shape index (κ2) is 5.97. The second-order valence-electron chi connectivity index (χ2n) is 5.03. The van der Waals surface area contributed by atoms with Crippen molar-refractivity contribution in [1.29, 1.82) is 0 Å². The summed E-state index contributed by atoms with van der Waals surface area (Å²) in [6.45, 7) is 4.28. The maximum Gasteiger partial charge on any atom is 0.161 e. The van der Waals surface area contributed by atoms with Crippen molar-refractivity contribution >= 4 is 16.9 Å². The summed E-state index contributed by atoms with van der Waals surface area (Å²) in [4.78, 5) is 6.29. The molecule has 2 N–H and O–H groups in total. The average molecular weight is 290 g/mol. The average Bonchev–Trinajstić information content (AvgIpc) is 2.78. The third kappa shape index (κ3) is 2.90. The third-order valence-electron chi connectivity index (χ3n) is 3.36. The van der Waals surface area contributed by atoms with Crippen LogP contribution in [0.5, 0.6) is 0 Å².